The van der Waals surface area contributed by atoms with E-state index < -0.39 is 0 Å². The Kier molecular flexibility index (Phi) is 40.2. The van der Waals surface area contributed by atoms with Gasteiger partial charge in [0.05, 0.1) is 5.57 Å². The van der Waals surface area contributed by atoms with Crippen LogP contribution in [0.3, 0.4) is 0 Å². The zero-order chi connectivity index (χ0) is 48.5. The van der Waals surface area contributed by atoms with Gasteiger partial charge in [0.25, 0.3) is 0 Å². The molecule has 0 atom stereocenters. The molecule has 0 aliphatic heterocycles. The molecule has 0 fully saturated rings. The van der Waals surface area contributed by atoms with Crippen molar-refractivity contribution in [1.82, 2.24) is 0 Å². The number of rotatable bonds is 40. The van der Waals surface area contributed by atoms with Crippen LogP contribution in [0.2, 0.25) is 10.8 Å². The van der Waals surface area contributed by atoms with Gasteiger partial charge in [-0.1, -0.05) is 131 Å². The number of aryl methyl sites for hydroxylation is 4. The van der Waals surface area contributed by atoms with Gasteiger partial charge in [0.15, 0.2) is 0 Å². The summed E-state index contributed by atoms with van der Waals surface area (Å²) in [5.74, 6) is 3.13. The average molecular weight is 952 g/mol. The predicted molar refractivity (Wildman–Crippen MR) is 294 cm³/mol. The fraction of sp³-hybridized carbons (Fsp3) is 0.746. The van der Waals surface area contributed by atoms with E-state index in [1.54, 1.807) is 22.3 Å². The normalized spacial score (nSPS) is 11.6. The van der Waals surface area contributed by atoms with Crippen LogP contribution in [0.4, 0.5) is 0 Å². The van der Waals surface area contributed by atoms with E-state index in [2.05, 4.69) is 104 Å². The number of hydrogen-bond donors (Lipinski definition) is 0. The Bertz CT molecular complexity index is 1550. The van der Waals surface area contributed by atoms with Crippen LogP contribution in [0.1, 0.15) is 300 Å². The summed E-state index contributed by atoms with van der Waals surface area (Å²) < 4.78 is 0. The van der Waals surface area contributed by atoms with Gasteiger partial charge >= 0.3 is 135 Å². The minimum atomic E-state index is 0.890. The third kappa shape index (κ3) is 26.0. The molecule has 0 N–H and O–H groups in total. The van der Waals surface area contributed by atoms with Crippen molar-refractivity contribution in [3.05, 3.63) is 85.5 Å². The van der Waals surface area contributed by atoms with Gasteiger partial charge in [0, 0.05) is 0 Å². The summed E-state index contributed by atoms with van der Waals surface area (Å²) in [6.07, 6.45) is 44.3. The van der Waals surface area contributed by atoms with E-state index in [0.29, 0.717) is 0 Å². The Morgan fingerprint density at radius 1 is 0.394 bits per heavy atom. The standard InChI is InChI=1S/C45H70N2.2C9H19.Ni/c1-9-17-25-37-32-41(33-38(26-18-10-2)43(37)28-20-12-4)45(44(29-21-13-5)39(34-47-46)27-19-11-3)40-30-35(22-14-6)42(24-16-8)36(31-40)23-15-7;2*1-3-5-7-9-8-6-4-2;/h30-33H,9-29H2,1-8H3;2*1,3-9H2,2H3;. The van der Waals surface area contributed by atoms with Gasteiger partial charge in [-0.05, 0) is 139 Å². The van der Waals surface area contributed by atoms with E-state index in [9.17, 15) is 5.53 Å². The van der Waals surface area contributed by atoms with E-state index in [0.717, 1.165) is 89.0 Å². The molecule has 2 aromatic rings. The van der Waals surface area contributed by atoms with Crippen molar-refractivity contribution >= 4 is 11.4 Å². The molecule has 2 aromatic carbocycles. The first kappa shape index (κ1) is 61.8. The molecule has 0 aromatic heterocycles. The van der Waals surface area contributed by atoms with Gasteiger partial charge in [0.2, 0.25) is 0 Å². The maximum absolute atomic E-state index is 9.93. The molecule has 0 aliphatic carbocycles. The summed E-state index contributed by atoms with van der Waals surface area (Å²) in [6, 6.07) is 10.3. The molecule has 0 bridgehead atoms. The first-order chi connectivity index (χ1) is 32.4. The molecule has 0 radical (unpaired) electrons. The first-order valence-corrected chi connectivity index (χ1v) is 30.2. The van der Waals surface area contributed by atoms with Crippen LogP contribution >= 0.6 is 0 Å². The van der Waals surface area contributed by atoms with Gasteiger partial charge < -0.3 is 5.53 Å². The molecule has 3 heteroatoms. The van der Waals surface area contributed by atoms with E-state index in [1.807, 2.05) is 14.4 Å². The van der Waals surface area contributed by atoms with Gasteiger partial charge in [0.1, 0.15) is 0 Å². The molecule has 0 heterocycles. The molecule has 0 amide bonds. The van der Waals surface area contributed by atoms with Crippen LogP contribution < -0.4 is 0 Å². The van der Waals surface area contributed by atoms with Crippen LogP contribution in [0.25, 0.3) is 11.1 Å². The Balaban J connectivity index is 0.000000960. The molecule has 0 aliphatic rings. The Morgan fingerprint density at radius 2 is 0.758 bits per heavy atom. The zero-order valence-electron chi connectivity index (χ0n) is 45.7. The van der Waals surface area contributed by atoms with Crippen LogP contribution in [0.15, 0.2) is 35.4 Å². The quantitative estimate of drug-likeness (QED) is 0.0159. The predicted octanol–water partition coefficient (Wildman–Crippen LogP) is 21.0. The minimum absolute atomic E-state index is 0.890. The van der Waals surface area contributed by atoms with Crippen molar-refractivity contribution < 1.29 is 19.2 Å². The summed E-state index contributed by atoms with van der Waals surface area (Å²) in [7, 11) is 0. The Hall–Kier alpha value is -2.17. The van der Waals surface area contributed by atoms with E-state index in [1.165, 1.54) is 185 Å². The Labute approximate surface area is 418 Å². The third-order valence-electron chi connectivity index (χ3n) is 13.4. The zero-order valence-corrected chi connectivity index (χ0v) is 46.7. The van der Waals surface area contributed by atoms with Gasteiger partial charge in [-0.15, -0.1) is 4.79 Å². The molecule has 0 saturated heterocycles. The van der Waals surface area contributed by atoms with Gasteiger partial charge in [-0.3, -0.25) is 0 Å². The van der Waals surface area contributed by atoms with Crippen LogP contribution in [-0.2, 0) is 53.0 Å². The molecular weight excluding hydrogens is 843 g/mol. The van der Waals surface area contributed by atoms with Gasteiger partial charge in [-0.25, -0.2) is 0 Å². The summed E-state index contributed by atoms with van der Waals surface area (Å²) in [5.41, 5.74) is 25.9. The van der Waals surface area contributed by atoms with Crippen molar-refractivity contribution in [2.75, 3.05) is 0 Å². The van der Waals surface area contributed by atoms with Crippen LogP contribution in [0.5, 0.6) is 0 Å². The van der Waals surface area contributed by atoms with Crippen molar-refractivity contribution in [3.8, 4) is 0 Å². The molecule has 66 heavy (non-hydrogen) atoms. The van der Waals surface area contributed by atoms with Crippen LogP contribution in [0, 0.1) is 0 Å². The summed E-state index contributed by atoms with van der Waals surface area (Å²) in [6.45, 7) is 23.1. The Morgan fingerprint density at radius 3 is 1.17 bits per heavy atom. The second-order valence-corrected chi connectivity index (χ2v) is 21.1. The van der Waals surface area contributed by atoms with E-state index in [4.69, 9.17) is 0 Å². The average Bonchev–Trinajstić information content (AvgIpc) is 3.32. The number of allylic oxidation sites excluding steroid dienone is 2. The van der Waals surface area contributed by atoms with Crippen molar-refractivity contribution in [2.45, 2.75) is 305 Å². The van der Waals surface area contributed by atoms with E-state index in [-0.39, 0.29) is 0 Å². The van der Waals surface area contributed by atoms with Crippen molar-refractivity contribution in [3.63, 3.8) is 0 Å². The fourth-order valence-electron chi connectivity index (χ4n) is 9.59. The van der Waals surface area contributed by atoms with Crippen molar-refractivity contribution in [2.24, 2.45) is 0 Å². The van der Waals surface area contributed by atoms with Gasteiger partial charge in [-0.2, -0.15) is 0 Å². The molecule has 0 unspecified atom stereocenters. The number of unbranched alkanes of at least 4 members (excludes halogenated alkanes) is 17. The molecule has 2 nitrogen and oxygen atoms in total. The van der Waals surface area contributed by atoms with E-state index >= 15 is 0 Å². The number of hydrogen-bond acceptors (Lipinski definition) is 0. The molecular formula is C63H108N2Ni. The first-order valence-electron chi connectivity index (χ1n) is 28.8. The number of benzene rings is 2. The molecule has 0 saturated carbocycles. The topological polar surface area (TPSA) is 36.4 Å². The summed E-state index contributed by atoms with van der Waals surface area (Å²) in [5, 5.41) is 2.85. The number of nitrogens with zero attached hydrogens (tertiary/aromatic N) is 2. The third-order valence-corrected chi connectivity index (χ3v) is 14.8. The summed E-state index contributed by atoms with van der Waals surface area (Å²) in [4.78, 5) is 3.56. The maximum atomic E-state index is 9.93. The SMILES string of the molecule is CCCCC(=C=[N+]=[N-])C(CCCC)=C(c1cc(CCC)c(CCC)c(CCC)c1)c1cc(CCCC)c(CCCC)c(CCCC)c1.CCCCCCCC[CH2][Ni][CH2]CCCCCCCC. The fourth-order valence-corrected chi connectivity index (χ4v) is 10.8. The molecule has 0 spiro atoms. The second-order valence-electron chi connectivity index (χ2n) is 19.6. The van der Waals surface area contributed by atoms with Crippen molar-refractivity contribution in [1.29, 1.82) is 0 Å². The molecule has 2 rings (SSSR count). The van der Waals surface area contributed by atoms with Crippen LogP contribution in [-0.4, -0.2) is 10.7 Å². The second kappa shape index (κ2) is 42.9. The monoisotopic (exact) mass is 951 g/mol. The molecule has 380 valence electrons. The summed E-state index contributed by atoms with van der Waals surface area (Å²) >= 11 is 2.01.